The highest BCUT2D eigenvalue weighted by Crippen LogP contribution is 2.09. The second-order valence-corrected chi connectivity index (χ2v) is 4.71. The van der Waals surface area contributed by atoms with Gasteiger partial charge >= 0.3 is 0 Å². The van der Waals surface area contributed by atoms with E-state index >= 15 is 0 Å². The minimum absolute atomic E-state index is 0.0744. The van der Waals surface area contributed by atoms with Crippen molar-refractivity contribution in [2.45, 2.75) is 32.7 Å². The Labute approximate surface area is 116 Å². The molecule has 0 bridgehead atoms. The number of amides is 2. The Morgan fingerprint density at radius 2 is 1.95 bits per heavy atom. The van der Waals surface area contributed by atoms with Crippen molar-refractivity contribution in [1.82, 2.24) is 10.6 Å². The number of hydrogen-bond acceptors (Lipinski definition) is 2. The molecular weight excluding hydrogens is 266 g/mol. The fraction of sp³-hybridized carbons (Fsp3) is 0.429. The van der Waals surface area contributed by atoms with Crippen molar-refractivity contribution in [1.29, 1.82) is 0 Å². The molecule has 0 aromatic heterocycles. The Morgan fingerprint density at radius 3 is 2.55 bits per heavy atom. The van der Waals surface area contributed by atoms with Gasteiger partial charge in [-0.1, -0.05) is 0 Å². The van der Waals surface area contributed by atoms with E-state index in [2.05, 4.69) is 10.6 Å². The first-order chi connectivity index (χ1) is 9.40. The van der Waals surface area contributed by atoms with Crippen LogP contribution < -0.4 is 10.6 Å². The Kier molecular flexibility index (Phi) is 6.09. The molecule has 0 spiro atoms. The smallest absolute Gasteiger partial charge is 0.254 e. The van der Waals surface area contributed by atoms with Crippen molar-refractivity contribution in [3.8, 4) is 0 Å². The lowest BCUT2D eigenvalue weighted by Crippen LogP contribution is -2.31. The summed E-state index contributed by atoms with van der Waals surface area (Å²) in [5, 5.41) is 5.21. The maximum Gasteiger partial charge on any atom is 0.254 e. The average Bonchev–Trinajstić information content (AvgIpc) is 2.33. The largest absolute Gasteiger partial charge is 0.354 e. The lowest BCUT2D eigenvalue weighted by atomic mass is 10.2. The van der Waals surface area contributed by atoms with E-state index in [9.17, 15) is 18.4 Å². The Bertz CT molecular complexity index is 490. The molecule has 20 heavy (non-hydrogen) atoms. The molecule has 1 aromatic rings. The average molecular weight is 284 g/mol. The quantitative estimate of drug-likeness (QED) is 0.785. The van der Waals surface area contributed by atoms with E-state index in [0.717, 1.165) is 12.1 Å². The van der Waals surface area contributed by atoms with Crippen LogP contribution in [0.25, 0.3) is 0 Å². The van der Waals surface area contributed by atoms with Crippen LogP contribution in [0.2, 0.25) is 0 Å². The monoisotopic (exact) mass is 284 g/mol. The van der Waals surface area contributed by atoms with Gasteiger partial charge in [-0.15, -0.1) is 0 Å². The van der Waals surface area contributed by atoms with Gasteiger partial charge < -0.3 is 10.6 Å². The van der Waals surface area contributed by atoms with Crippen molar-refractivity contribution in [3.05, 3.63) is 35.4 Å². The summed E-state index contributed by atoms with van der Waals surface area (Å²) in [5.74, 6) is -2.35. The number of hydrogen-bond donors (Lipinski definition) is 2. The molecule has 0 heterocycles. The molecule has 2 amide bonds. The van der Waals surface area contributed by atoms with Crippen LogP contribution >= 0.6 is 0 Å². The van der Waals surface area contributed by atoms with Crippen LogP contribution in [0, 0.1) is 11.6 Å². The van der Waals surface area contributed by atoms with E-state index in [1.165, 1.54) is 0 Å². The fourth-order valence-corrected chi connectivity index (χ4v) is 1.61. The Morgan fingerprint density at radius 1 is 1.25 bits per heavy atom. The molecule has 1 rings (SSSR count). The van der Waals surface area contributed by atoms with Crippen molar-refractivity contribution in [2.24, 2.45) is 0 Å². The second kappa shape index (κ2) is 7.57. The van der Waals surface area contributed by atoms with Crippen LogP contribution in [-0.2, 0) is 4.79 Å². The van der Waals surface area contributed by atoms with Crippen LogP contribution in [0.1, 0.15) is 37.0 Å². The number of nitrogens with one attached hydrogen (secondary N) is 2. The number of carbonyl (C=O) groups is 2. The maximum atomic E-state index is 13.3. The molecule has 0 aliphatic heterocycles. The van der Waals surface area contributed by atoms with Gasteiger partial charge in [0.05, 0.1) is 5.56 Å². The predicted octanol–water partition coefficient (Wildman–Crippen LogP) is 2.00. The minimum atomic E-state index is -0.903. The lowest BCUT2D eigenvalue weighted by molar-refractivity contribution is -0.121. The van der Waals surface area contributed by atoms with Crippen LogP contribution in [0.15, 0.2) is 18.2 Å². The van der Waals surface area contributed by atoms with E-state index in [-0.39, 0.29) is 30.5 Å². The number of benzene rings is 1. The van der Waals surface area contributed by atoms with Crippen LogP contribution in [0.5, 0.6) is 0 Å². The summed E-state index contributed by atoms with van der Waals surface area (Å²) in [6.45, 7) is 3.97. The lowest BCUT2D eigenvalue weighted by Gasteiger charge is -2.09. The SMILES string of the molecule is CC(C)NC(=O)CCCNC(=O)c1ccc(F)cc1F. The molecule has 4 nitrogen and oxygen atoms in total. The van der Waals surface area contributed by atoms with Gasteiger partial charge in [-0.25, -0.2) is 8.78 Å². The molecule has 0 saturated heterocycles. The fourth-order valence-electron chi connectivity index (χ4n) is 1.61. The first-order valence-electron chi connectivity index (χ1n) is 6.42. The third-order valence-electron chi connectivity index (χ3n) is 2.49. The Hall–Kier alpha value is -1.98. The molecule has 0 radical (unpaired) electrons. The van der Waals surface area contributed by atoms with E-state index in [0.29, 0.717) is 12.5 Å². The van der Waals surface area contributed by atoms with Crippen molar-refractivity contribution >= 4 is 11.8 Å². The predicted molar refractivity (Wildman–Crippen MR) is 71.2 cm³/mol. The second-order valence-electron chi connectivity index (χ2n) is 4.71. The molecule has 1 aromatic carbocycles. The van der Waals surface area contributed by atoms with Gasteiger partial charge in [0.15, 0.2) is 0 Å². The van der Waals surface area contributed by atoms with Crippen LogP contribution in [0.4, 0.5) is 8.78 Å². The topological polar surface area (TPSA) is 58.2 Å². The van der Waals surface area contributed by atoms with Gasteiger partial charge in [0.1, 0.15) is 11.6 Å². The molecular formula is C14H18F2N2O2. The van der Waals surface area contributed by atoms with Gasteiger partial charge in [-0.05, 0) is 32.4 Å². The highest BCUT2D eigenvalue weighted by Gasteiger charge is 2.12. The third-order valence-corrected chi connectivity index (χ3v) is 2.49. The normalized spacial score (nSPS) is 10.4. The molecule has 0 aliphatic rings. The highest BCUT2D eigenvalue weighted by atomic mass is 19.1. The summed E-state index contributed by atoms with van der Waals surface area (Å²) in [4.78, 5) is 23.0. The third kappa shape index (κ3) is 5.34. The number of rotatable bonds is 6. The van der Waals surface area contributed by atoms with Crippen molar-refractivity contribution in [3.63, 3.8) is 0 Å². The molecule has 0 unspecified atom stereocenters. The zero-order valence-corrected chi connectivity index (χ0v) is 11.5. The van der Waals surface area contributed by atoms with E-state index in [1.54, 1.807) is 0 Å². The molecule has 0 fully saturated rings. The van der Waals surface area contributed by atoms with Crippen molar-refractivity contribution < 1.29 is 18.4 Å². The van der Waals surface area contributed by atoms with E-state index < -0.39 is 17.5 Å². The number of halogens is 2. The van der Waals surface area contributed by atoms with E-state index in [1.807, 2.05) is 13.8 Å². The summed E-state index contributed by atoms with van der Waals surface area (Å²) in [6.07, 6.45) is 0.734. The van der Waals surface area contributed by atoms with Crippen LogP contribution in [0.3, 0.4) is 0 Å². The summed E-state index contributed by atoms with van der Waals surface area (Å²) >= 11 is 0. The summed E-state index contributed by atoms with van der Waals surface area (Å²) in [5.41, 5.74) is -0.210. The Balaban J connectivity index is 2.35. The summed E-state index contributed by atoms with van der Waals surface area (Å²) < 4.78 is 26.0. The van der Waals surface area contributed by atoms with Crippen molar-refractivity contribution in [2.75, 3.05) is 6.54 Å². The minimum Gasteiger partial charge on any atom is -0.354 e. The van der Waals surface area contributed by atoms with Gasteiger partial charge in [-0.2, -0.15) is 0 Å². The van der Waals surface area contributed by atoms with Crippen LogP contribution in [-0.4, -0.2) is 24.4 Å². The number of carbonyl (C=O) groups excluding carboxylic acids is 2. The maximum absolute atomic E-state index is 13.3. The molecule has 0 aliphatic carbocycles. The van der Waals surface area contributed by atoms with Gasteiger partial charge in [0.2, 0.25) is 5.91 Å². The van der Waals surface area contributed by atoms with Gasteiger partial charge in [-0.3, -0.25) is 9.59 Å². The first kappa shape index (κ1) is 16.1. The molecule has 6 heteroatoms. The highest BCUT2D eigenvalue weighted by molar-refractivity contribution is 5.94. The first-order valence-corrected chi connectivity index (χ1v) is 6.42. The molecule has 110 valence electrons. The zero-order chi connectivity index (χ0) is 15.1. The molecule has 0 saturated carbocycles. The molecule has 0 atom stereocenters. The van der Waals surface area contributed by atoms with Gasteiger partial charge in [0, 0.05) is 25.1 Å². The standard InChI is InChI=1S/C14H18F2N2O2/c1-9(2)18-13(19)4-3-7-17-14(20)11-6-5-10(15)8-12(11)16/h5-6,8-9H,3-4,7H2,1-2H3,(H,17,20)(H,18,19). The molecule has 2 N–H and O–H groups in total. The zero-order valence-electron chi connectivity index (χ0n) is 11.5. The van der Waals surface area contributed by atoms with E-state index in [4.69, 9.17) is 0 Å². The summed E-state index contributed by atoms with van der Waals surface area (Å²) in [7, 11) is 0. The van der Waals surface area contributed by atoms with Gasteiger partial charge in [0.25, 0.3) is 5.91 Å². The summed E-state index contributed by atoms with van der Waals surface area (Å²) in [6, 6.07) is 2.84.